The van der Waals surface area contributed by atoms with E-state index in [2.05, 4.69) is 25.0 Å². The number of aryl methyl sites for hydroxylation is 1. The second-order valence-corrected chi connectivity index (χ2v) is 5.57. The molecule has 9 nitrogen and oxygen atoms in total. The zero-order chi connectivity index (χ0) is 17.2. The molecule has 0 saturated carbocycles. The summed E-state index contributed by atoms with van der Waals surface area (Å²) in [4.78, 5) is 18.8. The minimum atomic E-state index is -0.499. The largest absolute Gasteiger partial charge is 0.368 e. The van der Waals surface area contributed by atoms with Crippen molar-refractivity contribution in [1.29, 1.82) is 0 Å². The average Bonchev–Trinajstić information content (AvgIpc) is 3.22. The van der Waals surface area contributed by atoms with Crippen molar-refractivity contribution in [1.82, 2.24) is 24.1 Å². The molecule has 0 unspecified atom stereocenters. The third kappa shape index (κ3) is 2.87. The van der Waals surface area contributed by atoms with Crippen molar-refractivity contribution in [3.8, 4) is 0 Å². The monoisotopic (exact) mass is 337 g/mol. The first-order valence-corrected chi connectivity index (χ1v) is 7.85. The Morgan fingerprint density at radius 3 is 2.92 bits per heavy atom. The van der Waals surface area contributed by atoms with Gasteiger partial charge < -0.3 is 20.0 Å². The van der Waals surface area contributed by atoms with Gasteiger partial charge in [-0.3, -0.25) is 0 Å². The summed E-state index contributed by atoms with van der Waals surface area (Å²) in [5.41, 5.74) is 2.54. The number of rotatable bonds is 6. The van der Waals surface area contributed by atoms with Crippen molar-refractivity contribution < 1.29 is 4.92 Å². The van der Waals surface area contributed by atoms with Gasteiger partial charge in [-0.25, -0.2) is 9.97 Å². The molecule has 4 aromatic rings. The first-order chi connectivity index (χ1) is 12.2. The molecular weight excluding hydrogens is 322 g/mol. The Labute approximate surface area is 142 Å². The Balaban J connectivity index is 1.41. The van der Waals surface area contributed by atoms with Crippen LogP contribution in [0.5, 0.6) is 0 Å². The molecule has 126 valence electrons. The highest BCUT2D eigenvalue weighted by Gasteiger charge is 2.15. The van der Waals surface area contributed by atoms with Gasteiger partial charge in [0.25, 0.3) is 0 Å². The third-order valence-electron chi connectivity index (χ3n) is 3.94. The molecule has 1 N–H and O–H groups in total. The molecule has 0 fully saturated rings. The van der Waals surface area contributed by atoms with Gasteiger partial charge >= 0.3 is 5.82 Å². The van der Waals surface area contributed by atoms with Crippen LogP contribution in [0.3, 0.4) is 0 Å². The van der Waals surface area contributed by atoms with Crippen LogP contribution in [0.1, 0.15) is 6.42 Å². The number of nitrogens with one attached hydrogen (secondary N) is 1. The van der Waals surface area contributed by atoms with Crippen LogP contribution in [0.15, 0.2) is 48.9 Å². The maximum Gasteiger partial charge on any atom is 0.368 e. The predicted molar refractivity (Wildman–Crippen MR) is 92.5 cm³/mol. The Bertz CT molecular complexity index is 1050. The molecule has 1 aromatic carbocycles. The van der Waals surface area contributed by atoms with E-state index in [-0.39, 0.29) is 5.82 Å². The van der Waals surface area contributed by atoms with Gasteiger partial charge in [0.2, 0.25) is 5.65 Å². The molecule has 0 bridgehead atoms. The summed E-state index contributed by atoms with van der Waals surface area (Å²) in [6.45, 7) is 1.51. The number of para-hydroxylation sites is 2. The maximum absolute atomic E-state index is 11.0. The highest BCUT2D eigenvalue weighted by atomic mass is 16.6. The molecule has 0 aliphatic carbocycles. The summed E-state index contributed by atoms with van der Waals surface area (Å²) in [6, 6.07) is 11.5. The fourth-order valence-corrected chi connectivity index (χ4v) is 2.73. The van der Waals surface area contributed by atoms with E-state index in [1.165, 1.54) is 10.7 Å². The van der Waals surface area contributed by atoms with Crippen molar-refractivity contribution in [2.45, 2.75) is 13.0 Å². The van der Waals surface area contributed by atoms with Gasteiger partial charge in [0.05, 0.1) is 17.4 Å². The van der Waals surface area contributed by atoms with Crippen LogP contribution in [0.4, 0.5) is 11.6 Å². The van der Waals surface area contributed by atoms with Crippen molar-refractivity contribution in [3.05, 3.63) is 59.0 Å². The standard InChI is InChI=1S/C16H15N7O2/c24-23(25)16-10-18-15-7-6-14(20-22(15)16)17-8-3-9-21-11-19-12-4-1-2-5-13(12)21/h1-2,4-7,10-11H,3,8-9H2,(H,17,20). The van der Waals surface area contributed by atoms with E-state index < -0.39 is 4.92 Å². The van der Waals surface area contributed by atoms with E-state index in [0.717, 1.165) is 24.0 Å². The van der Waals surface area contributed by atoms with Gasteiger partial charge in [0, 0.05) is 19.2 Å². The number of hydrogen-bond acceptors (Lipinski definition) is 6. The topological polar surface area (TPSA) is 103 Å². The predicted octanol–water partition coefficient (Wildman–Crippen LogP) is 2.49. The van der Waals surface area contributed by atoms with E-state index in [1.54, 1.807) is 12.1 Å². The molecule has 0 spiro atoms. The molecule has 9 heteroatoms. The molecule has 0 aliphatic rings. The third-order valence-corrected chi connectivity index (χ3v) is 3.94. The Hall–Kier alpha value is -3.49. The van der Waals surface area contributed by atoms with Crippen molar-refractivity contribution >= 4 is 28.3 Å². The van der Waals surface area contributed by atoms with E-state index in [9.17, 15) is 10.1 Å². The van der Waals surface area contributed by atoms with Gasteiger partial charge in [0.1, 0.15) is 6.20 Å². The number of nitro groups is 1. The molecule has 0 amide bonds. The molecule has 25 heavy (non-hydrogen) atoms. The van der Waals surface area contributed by atoms with Gasteiger partial charge in [-0.1, -0.05) is 21.7 Å². The molecule has 3 heterocycles. The Kier molecular flexibility index (Phi) is 3.73. The van der Waals surface area contributed by atoms with Gasteiger partial charge in [-0.05, 0) is 29.5 Å². The van der Waals surface area contributed by atoms with E-state index in [1.807, 2.05) is 30.6 Å². The summed E-state index contributed by atoms with van der Waals surface area (Å²) in [5.74, 6) is 0.424. The lowest BCUT2D eigenvalue weighted by Crippen LogP contribution is -2.09. The Morgan fingerprint density at radius 2 is 2.04 bits per heavy atom. The minimum Gasteiger partial charge on any atom is -0.367 e. The molecule has 0 radical (unpaired) electrons. The number of nitrogens with zero attached hydrogens (tertiary/aromatic N) is 6. The number of fused-ring (bicyclic) bond motifs is 2. The summed E-state index contributed by atoms with van der Waals surface area (Å²) in [5, 5.41) is 18.4. The SMILES string of the molecule is O=[N+]([O-])c1cnc2ccc(NCCCn3cnc4ccccc43)nn12. The number of imidazole rings is 2. The van der Waals surface area contributed by atoms with Crippen LogP contribution >= 0.6 is 0 Å². The molecule has 0 saturated heterocycles. The van der Waals surface area contributed by atoms with Crippen molar-refractivity contribution in [3.63, 3.8) is 0 Å². The smallest absolute Gasteiger partial charge is 0.367 e. The van der Waals surface area contributed by atoms with Crippen molar-refractivity contribution in [2.24, 2.45) is 0 Å². The quantitative estimate of drug-likeness (QED) is 0.329. The van der Waals surface area contributed by atoms with Crippen LogP contribution < -0.4 is 5.32 Å². The van der Waals surface area contributed by atoms with Crippen LogP contribution in [-0.4, -0.2) is 35.6 Å². The van der Waals surface area contributed by atoms with Crippen LogP contribution in [0.2, 0.25) is 0 Å². The zero-order valence-corrected chi connectivity index (χ0v) is 13.2. The molecular formula is C16H15N7O2. The number of aromatic nitrogens is 5. The lowest BCUT2D eigenvalue weighted by Gasteiger charge is -2.06. The highest BCUT2D eigenvalue weighted by Crippen LogP contribution is 2.15. The second kappa shape index (κ2) is 6.19. The highest BCUT2D eigenvalue weighted by molar-refractivity contribution is 5.74. The number of hydrogen-bond donors (Lipinski definition) is 1. The lowest BCUT2D eigenvalue weighted by atomic mass is 10.3. The van der Waals surface area contributed by atoms with Gasteiger partial charge in [-0.2, -0.15) is 0 Å². The van der Waals surface area contributed by atoms with Crippen molar-refractivity contribution in [2.75, 3.05) is 11.9 Å². The zero-order valence-electron chi connectivity index (χ0n) is 13.2. The lowest BCUT2D eigenvalue weighted by molar-refractivity contribution is -0.391. The average molecular weight is 337 g/mol. The maximum atomic E-state index is 11.0. The van der Waals surface area contributed by atoms with E-state index in [4.69, 9.17) is 0 Å². The summed E-state index contributed by atoms with van der Waals surface area (Å²) >= 11 is 0. The van der Waals surface area contributed by atoms with E-state index >= 15 is 0 Å². The van der Waals surface area contributed by atoms with Crippen LogP contribution in [0, 0.1) is 10.1 Å². The fraction of sp³-hybridized carbons (Fsp3) is 0.188. The number of benzene rings is 1. The molecule has 4 rings (SSSR count). The van der Waals surface area contributed by atoms with Crippen LogP contribution in [-0.2, 0) is 6.54 Å². The second-order valence-electron chi connectivity index (χ2n) is 5.57. The summed E-state index contributed by atoms with van der Waals surface area (Å²) in [6.07, 6.45) is 3.91. The normalized spacial score (nSPS) is 11.2. The van der Waals surface area contributed by atoms with Crippen LogP contribution in [0.25, 0.3) is 16.7 Å². The summed E-state index contributed by atoms with van der Waals surface area (Å²) < 4.78 is 3.33. The molecule has 0 atom stereocenters. The van der Waals surface area contributed by atoms with Gasteiger partial charge in [-0.15, -0.1) is 0 Å². The molecule has 0 aliphatic heterocycles. The molecule has 3 aromatic heterocycles. The fourth-order valence-electron chi connectivity index (χ4n) is 2.73. The first-order valence-electron chi connectivity index (χ1n) is 7.85. The minimum absolute atomic E-state index is 0.150. The Morgan fingerprint density at radius 1 is 1.16 bits per heavy atom. The summed E-state index contributed by atoms with van der Waals surface area (Å²) in [7, 11) is 0. The first kappa shape index (κ1) is 15.1. The van der Waals surface area contributed by atoms with E-state index in [0.29, 0.717) is 18.0 Å². The van der Waals surface area contributed by atoms with Gasteiger partial charge in [0.15, 0.2) is 5.82 Å². The number of anilines is 1.